The first kappa shape index (κ1) is 26.1. The smallest absolute Gasteiger partial charge is 0.231 e. The molecule has 1 atom stereocenters. The molecule has 3 N–H and O–H groups in total. The summed E-state index contributed by atoms with van der Waals surface area (Å²) >= 11 is 0. The minimum Gasteiger partial charge on any atom is -0.387 e. The number of amides is 1. The first-order chi connectivity index (χ1) is 17.9. The average Bonchev–Trinajstić information content (AvgIpc) is 3.26. The van der Waals surface area contributed by atoms with Crippen LogP contribution in [0.1, 0.15) is 28.7 Å². The Kier molecular flexibility index (Phi) is 8.71. The van der Waals surface area contributed by atoms with Crippen LogP contribution >= 0.6 is 0 Å². The van der Waals surface area contributed by atoms with E-state index in [4.69, 9.17) is 0 Å². The minimum atomic E-state index is -1.53. The van der Waals surface area contributed by atoms with Crippen LogP contribution < -0.4 is 10.6 Å². The molecule has 37 heavy (non-hydrogen) atoms. The van der Waals surface area contributed by atoms with E-state index in [0.717, 1.165) is 17.7 Å². The fourth-order valence-electron chi connectivity index (χ4n) is 3.93. The SMILES string of the molecule is O=C(Cc1nc(CCNC[C@H](O)c2ccccc2)cn1Cc1cc(F)c(F)c(F)c1)Nc1ccccc1. The van der Waals surface area contributed by atoms with Crippen molar-refractivity contribution >= 4 is 11.6 Å². The highest BCUT2D eigenvalue weighted by molar-refractivity contribution is 5.91. The summed E-state index contributed by atoms with van der Waals surface area (Å²) in [5, 5.41) is 16.3. The van der Waals surface area contributed by atoms with Crippen LogP contribution in [0.2, 0.25) is 0 Å². The molecular weight excluding hydrogens is 481 g/mol. The Morgan fingerprint density at radius 1 is 0.973 bits per heavy atom. The zero-order chi connectivity index (χ0) is 26.2. The van der Waals surface area contributed by atoms with E-state index in [9.17, 15) is 23.1 Å². The van der Waals surface area contributed by atoms with Crippen LogP contribution in [0.5, 0.6) is 0 Å². The van der Waals surface area contributed by atoms with Gasteiger partial charge in [-0.15, -0.1) is 0 Å². The molecule has 0 saturated carbocycles. The number of hydrogen-bond donors (Lipinski definition) is 3. The van der Waals surface area contributed by atoms with Crippen molar-refractivity contribution in [2.75, 3.05) is 18.4 Å². The van der Waals surface area contributed by atoms with Crippen molar-refractivity contribution < 1.29 is 23.1 Å². The van der Waals surface area contributed by atoms with Crippen LogP contribution in [0, 0.1) is 17.5 Å². The maximum absolute atomic E-state index is 13.8. The van der Waals surface area contributed by atoms with Gasteiger partial charge in [0.1, 0.15) is 5.82 Å². The zero-order valence-electron chi connectivity index (χ0n) is 20.0. The van der Waals surface area contributed by atoms with Crippen molar-refractivity contribution in [3.63, 3.8) is 0 Å². The fraction of sp³-hybridized carbons (Fsp3) is 0.214. The number of anilines is 1. The van der Waals surface area contributed by atoms with Gasteiger partial charge in [0.2, 0.25) is 5.91 Å². The lowest BCUT2D eigenvalue weighted by molar-refractivity contribution is -0.115. The number of aliphatic hydroxyl groups excluding tert-OH is 1. The number of nitrogens with one attached hydrogen (secondary N) is 2. The summed E-state index contributed by atoms with van der Waals surface area (Å²) in [7, 11) is 0. The van der Waals surface area contributed by atoms with E-state index in [1.54, 1.807) is 35.0 Å². The zero-order valence-corrected chi connectivity index (χ0v) is 20.0. The molecule has 3 aromatic carbocycles. The summed E-state index contributed by atoms with van der Waals surface area (Å²) in [6.07, 6.45) is 1.48. The average molecular weight is 509 g/mol. The van der Waals surface area contributed by atoms with Gasteiger partial charge in [0.15, 0.2) is 17.5 Å². The van der Waals surface area contributed by atoms with Crippen molar-refractivity contribution in [2.45, 2.75) is 25.5 Å². The number of aromatic nitrogens is 2. The lowest BCUT2D eigenvalue weighted by Crippen LogP contribution is -2.23. The van der Waals surface area contributed by atoms with Gasteiger partial charge in [0.25, 0.3) is 0 Å². The highest BCUT2D eigenvalue weighted by Gasteiger charge is 2.16. The Bertz CT molecular complexity index is 1310. The lowest BCUT2D eigenvalue weighted by Gasteiger charge is -2.11. The molecule has 9 heteroatoms. The van der Waals surface area contributed by atoms with Gasteiger partial charge in [-0.1, -0.05) is 48.5 Å². The minimum absolute atomic E-state index is 0.00915. The predicted molar refractivity (Wildman–Crippen MR) is 134 cm³/mol. The van der Waals surface area contributed by atoms with Crippen molar-refractivity contribution in [2.24, 2.45) is 0 Å². The molecule has 0 fully saturated rings. The first-order valence-electron chi connectivity index (χ1n) is 11.9. The number of aliphatic hydroxyl groups is 1. The van der Waals surface area contributed by atoms with Crippen LogP contribution in [0.25, 0.3) is 0 Å². The Hall–Kier alpha value is -3.95. The van der Waals surface area contributed by atoms with Crippen molar-refractivity contribution in [1.29, 1.82) is 0 Å². The van der Waals surface area contributed by atoms with Gasteiger partial charge in [-0.2, -0.15) is 0 Å². The molecule has 0 aliphatic carbocycles. The lowest BCUT2D eigenvalue weighted by atomic mass is 10.1. The second-order valence-corrected chi connectivity index (χ2v) is 8.62. The molecule has 0 saturated heterocycles. The van der Waals surface area contributed by atoms with Crippen molar-refractivity contribution in [3.8, 4) is 0 Å². The number of benzene rings is 3. The van der Waals surface area contributed by atoms with Gasteiger partial charge in [-0.25, -0.2) is 18.2 Å². The highest BCUT2D eigenvalue weighted by atomic mass is 19.2. The Balaban J connectivity index is 1.44. The second-order valence-electron chi connectivity index (χ2n) is 8.62. The van der Waals surface area contributed by atoms with E-state index in [0.29, 0.717) is 36.7 Å². The molecule has 1 amide bonds. The van der Waals surface area contributed by atoms with E-state index < -0.39 is 23.6 Å². The van der Waals surface area contributed by atoms with Gasteiger partial charge in [-0.3, -0.25) is 4.79 Å². The van der Waals surface area contributed by atoms with Gasteiger partial charge < -0.3 is 20.3 Å². The largest absolute Gasteiger partial charge is 0.387 e. The van der Waals surface area contributed by atoms with Crippen molar-refractivity contribution in [1.82, 2.24) is 14.9 Å². The number of rotatable bonds is 11. The third-order valence-electron chi connectivity index (χ3n) is 5.76. The molecule has 4 aromatic rings. The molecule has 6 nitrogen and oxygen atoms in total. The first-order valence-corrected chi connectivity index (χ1v) is 11.9. The van der Waals surface area contributed by atoms with E-state index in [1.165, 1.54) is 0 Å². The van der Waals surface area contributed by atoms with E-state index in [-0.39, 0.29) is 24.4 Å². The van der Waals surface area contributed by atoms with Crippen LogP contribution in [0.4, 0.5) is 18.9 Å². The quantitative estimate of drug-likeness (QED) is 0.207. The predicted octanol–water partition coefficient (Wildman–Crippen LogP) is 4.40. The third-order valence-corrected chi connectivity index (χ3v) is 5.76. The fourth-order valence-corrected chi connectivity index (χ4v) is 3.93. The normalized spacial score (nSPS) is 11.9. The number of carbonyl (C=O) groups excluding carboxylic acids is 1. The number of carbonyl (C=O) groups is 1. The Morgan fingerprint density at radius 2 is 1.62 bits per heavy atom. The van der Waals surface area contributed by atoms with Crippen LogP contribution in [-0.4, -0.2) is 33.7 Å². The van der Waals surface area contributed by atoms with E-state index in [2.05, 4.69) is 15.6 Å². The van der Waals surface area contributed by atoms with Gasteiger partial charge in [0.05, 0.1) is 18.2 Å². The molecule has 0 radical (unpaired) electrons. The molecular formula is C28H27F3N4O2. The number of imidazole rings is 1. The van der Waals surface area contributed by atoms with Gasteiger partial charge in [0, 0.05) is 37.9 Å². The Labute approximate surface area is 212 Å². The monoisotopic (exact) mass is 508 g/mol. The molecule has 0 aliphatic rings. The molecule has 0 bridgehead atoms. The van der Waals surface area contributed by atoms with E-state index in [1.807, 2.05) is 36.4 Å². The number of halogens is 3. The summed E-state index contributed by atoms with van der Waals surface area (Å²) in [6, 6.07) is 20.1. The second kappa shape index (κ2) is 12.3. The maximum Gasteiger partial charge on any atom is 0.231 e. The summed E-state index contributed by atoms with van der Waals surface area (Å²) in [5.41, 5.74) is 2.31. The topological polar surface area (TPSA) is 79.2 Å². The van der Waals surface area contributed by atoms with Gasteiger partial charge in [-0.05, 0) is 35.4 Å². The molecule has 1 aromatic heterocycles. The number of para-hydroxylation sites is 1. The molecule has 1 heterocycles. The molecule has 4 rings (SSSR count). The standard InChI is InChI=1S/C28H27F3N4O2/c29-23-13-19(14-24(30)28(23)31)17-35-18-22(11-12-32-16-25(36)20-7-3-1-4-8-20)33-26(35)15-27(37)34-21-9-5-2-6-10-21/h1-10,13-14,18,25,32,36H,11-12,15-17H2,(H,34,37)/t25-/m0/s1. The molecule has 192 valence electrons. The van der Waals surface area contributed by atoms with Crippen molar-refractivity contribution in [3.05, 3.63) is 119 Å². The molecule has 0 aliphatic heterocycles. The highest BCUT2D eigenvalue weighted by Crippen LogP contribution is 2.17. The van der Waals surface area contributed by atoms with E-state index >= 15 is 0 Å². The molecule has 0 spiro atoms. The number of hydrogen-bond acceptors (Lipinski definition) is 4. The summed E-state index contributed by atoms with van der Waals surface area (Å²) in [4.78, 5) is 17.2. The summed E-state index contributed by atoms with van der Waals surface area (Å²) < 4.78 is 42.6. The molecule has 0 unspecified atom stereocenters. The third kappa shape index (κ3) is 7.28. The van der Waals surface area contributed by atoms with Crippen LogP contribution in [0.3, 0.4) is 0 Å². The number of nitrogens with zero attached hydrogens (tertiary/aromatic N) is 2. The Morgan fingerprint density at radius 3 is 2.30 bits per heavy atom. The summed E-state index contributed by atoms with van der Waals surface area (Å²) in [6.45, 7) is 0.872. The maximum atomic E-state index is 13.8. The summed E-state index contributed by atoms with van der Waals surface area (Å²) in [5.74, 6) is -3.98. The van der Waals surface area contributed by atoms with Crippen LogP contribution in [-0.2, 0) is 24.2 Å². The van der Waals surface area contributed by atoms with Crippen LogP contribution in [0.15, 0.2) is 79.0 Å². The van der Waals surface area contributed by atoms with Gasteiger partial charge >= 0.3 is 0 Å².